The Kier molecular flexibility index (Phi) is 8.37. The Morgan fingerprint density at radius 1 is 0.889 bits per heavy atom. The van der Waals surface area contributed by atoms with Crippen LogP contribution in [0.3, 0.4) is 0 Å². The Hall–Kier alpha value is -0.980. The molecule has 0 heterocycles. The quantitative estimate of drug-likeness (QED) is 0.493. The van der Waals surface area contributed by atoms with Gasteiger partial charge in [0.25, 0.3) is 0 Å². The average Bonchev–Trinajstić information content (AvgIpc) is 2.40. The Morgan fingerprint density at radius 2 is 1.50 bits per heavy atom. The van der Waals surface area contributed by atoms with Gasteiger partial charge in [-0.25, -0.2) is 0 Å². The van der Waals surface area contributed by atoms with Crippen molar-refractivity contribution in [3.05, 3.63) is 36.4 Å². The van der Waals surface area contributed by atoms with Gasteiger partial charge in [-0.1, -0.05) is 57.6 Å². The minimum absolute atomic E-state index is 0.931. The molecule has 1 radical (unpaired) electrons. The maximum Gasteiger partial charge on any atom is 0.132 e. The number of aryl methyl sites for hydroxylation is 1. The van der Waals surface area contributed by atoms with Gasteiger partial charge in [0, 0.05) is 0 Å². The molecule has 0 saturated heterocycles. The second kappa shape index (κ2) is 9.99. The van der Waals surface area contributed by atoms with E-state index in [9.17, 15) is 0 Å². The molecule has 0 N–H and O–H groups in total. The van der Waals surface area contributed by atoms with Crippen molar-refractivity contribution in [1.82, 2.24) is 0 Å². The highest BCUT2D eigenvalue weighted by Gasteiger charge is 1.96. The van der Waals surface area contributed by atoms with E-state index < -0.39 is 0 Å². The monoisotopic (exact) mass is 247 g/mol. The lowest BCUT2D eigenvalue weighted by molar-refractivity contribution is 0.416. The predicted molar refractivity (Wildman–Crippen MR) is 78.7 cm³/mol. The molecule has 0 saturated carbocycles. The molecule has 1 nitrogen and oxygen atoms in total. The van der Waals surface area contributed by atoms with E-state index >= 15 is 0 Å². The van der Waals surface area contributed by atoms with Crippen LogP contribution in [0.25, 0.3) is 0 Å². The highest BCUT2D eigenvalue weighted by Crippen LogP contribution is 2.15. The van der Waals surface area contributed by atoms with Gasteiger partial charge in [-0.3, -0.25) is 0 Å². The minimum atomic E-state index is 0.931. The van der Waals surface area contributed by atoms with Crippen molar-refractivity contribution in [3.63, 3.8) is 0 Å². The third kappa shape index (κ3) is 6.68. The standard InChI is InChI=1S/C17H27O/c1-3-5-6-7-8-9-10-11-16-12-14-17(15-13-16)18-4-2/h4,12-15H,3,5-11H2,1-2H3. The SMILES string of the molecule is C[CH]Oc1ccc(CCCCCCCCC)cc1. The molecule has 0 aromatic heterocycles. The van der Waals surface area contributed by atoms with E-state index in [2.05, 4.69) is 31.2 Å². The molecule has 101 valence electrons. The fourth-order valence-electron chi connectivity index (χ4n) is 2.16. The summed E-state index contributed by atoms with van der Waals surface area (Å²) >= 11 is 0. The molecule has 0 unspecified atom stereocenters. The molecule has 0 aliphatic carbocycles. The molecule has 0 spiro atoms. The summed E-state index contributed by atoms with van der Waals surface area (Å²) in [4.78, 5) is 0. The number of hydrogen-bond acceptors (Lipinski definition) is 1. The summed E-state index contributed by atoms with van der Waals surface area (Å²) in [6.45, 7) is 5.88. The summed E-state index contributed by atoms with van der Waals surface area (Å²) in [6.07, 6.45) is 10.8. The van der Waals surface area contributed by atoms with E-state index in [0.717, 1.165) is 5.75 Å². The first-order valence-electron chi connectivity index (χ1n) is 7.40. The van der Waals surface area contributed by atoms with Crippen LogP contribution >= 0.6 is 0 Å². The molecule has 18 heavy (non-hydrogen) atoms. The second-order valence-corrected chi connectivity index (χ2v) is 4.87. The average molecular weight is 247 g/mol. The van der Waals surface area contributed by atoms with Gasteiger partial charge in [-0.05, 0) is 37.5 Å². The van der Waals surface area contributed by atoms with Gasteiger partial charge >= 0.3 is 0 Å². The van der Waals surface area contributed by atoms with Crippen LogP contribution in [0.4, 0.5) is 0 Å². The number of rotatable bonds is 10. The van der Waals surface area contributed by atoms with Crippen LogP contribution in [0, 0.1) is 6.61 Å². The molecular formula is C17H27O. The topological polar surface area (TPSA) is 9.23 Å². The van der Waals surface area contributed by atoms with Crippen LogP contribution in [-0.4, -0.2) is 0 Å². The Balaban J connectivity index is 2.08. The van der Waals surface area contributed by atoms with E-state index in [4.69, 9.17) is 4.74 Å². The summed E-state index contributed by atoms with van der Waals surface area (Å²) in [6, 6.07) is 8.46. The normalized spacial score (nSPS) is 10.6. The van der Waals surface area contributed by atoms with Crippen LogP contribution in [0.15, 0.2) is 24.3 Å². The number of hydrogen-bond donors (Lipinski definition) is 0. The van der Waals surface area contributed by atoms with E-state index in [0.29, 0.717) is 0 Å². The first-order valence-corrected chi connectivity index (χ1v) is 7.40. The first-order chi connectivity index (χ1) is 8.86. The van der Waals surface area contributed by atoms with Crippen molar-refractivity contribution in [2.45, 2.75) is 65.2 Å². The molecular weight excluding hydrogens is 220 g/mol. The van der Waals surface area contributed by atoms with Gasteiger partial charge in [0.05, 0.1) is 0 Å². The molecule has 1 aromatic carbocycles. The minimum Gasteiger partial charge on any atom is -0.487 e. The summed E-state index contributed by atoms with van der Waals surface area (Å²) < 4.78 is 5.32. The van der Waals surface area contributed by atoms with Crippen LogP contribution in [0.1, 0.15) is 64.4 Å². The Bertz CT molecular complexity index is 289. The lowest BCUT2D eigenvalue weighted by Gasteiger charge is -2.05. The van der Waals surface area contributed by atoms with Crippen LogP contribution in [0.2, 0.25) is 0 Å². The molecule has 1 heteroatoms. The molecule has 0 bridgehead atoms. The highest BCUT2D eigenvalue weighted by atomic mass is 16.5. The largest absolute Gasteiger partial charge is 0.487 e. The maximum atomic E-state index is 5.32. The number of ether oxygens (including phenoxy) is 1. The Morgan fingerprint density at radius 3 is 2.11 bits per heavy atom. The molecule has 0 aliphatic heterocycles. The number of benzene rings is 1. The Labute approximate surface area is 113 Å². The first kappa shape index (κ1) is 15.1. The van der Waals surface area contributed by atoms with Gasteiger partial charge in [0.2, 0.25) is 0 Å². The zero-order valence-electron chi connectivity index (χ0n) is 12.0. The molecule has 1 rings (SSSR count). The van der Waals surface area contributed by atoms with Crippen molar-refractivity contribution in [1.29, 1.82) is 0 Å². The smallest absolute Gasteiger partial charge is 0.132 e. The fourth-order valence-corrected chi connectivity index (χ4v) is 2.16. The van der Waals surface area contributed by atoms with E-state index in [1.165, 1.54) is 56.9 Å². The molecule has 0 amide bonds. The lowest BCUT2D eigenvalue weighted by Crippen LogP contribution is -1.88. The van der Waals surface area contributed by atoms with E-state index in [1.54, 1.807) is 6.61 Å². The van der Waals surface area contributed by atoms with E-state index in [-0.39, 0.29) is 0 Å². The maximum absolute atomic E-state index is 5.32. The summed E-state index contributed by atoms with van der Waals surface area (Å²) in [5.74, 6) is 0.931. The van der Waals surface area contributed by atoms with Crippen LogP contribution in [-0.2, 0) is 6.42 Å². The van der Waals surface area contributed by atoms with Gasteiger partial charge in [0.15, 0.2) is 0 Å². The van der Waals surface area contributed by atoms with Crippen molar-refractivity contribution >= 4 is 0 Å². The zero-order valence-corrected chi connectivity index (χ0v) is 12.0. The predicted octanol–water partition coefficient (Wildman–Crippen LogP) is 5.54. The van der Waals surface area contributed by atoms with Gasteiger partial charge in [-0.15, -0.1) is 0 Å². The third-order valence-electron chi connectivity index (χ3n) is 3.25. The van der Waals surface area contributed by atoms with Gasteiger partial charge in [-0.2, -0.15) is 0 Å². The zero-order chi connectivity index (χ0) is 13.1. The van der Waals surface area contributed by atoms with Gasteiger partial charge in [0.1, 0.15) is 12.4 Å². The summed E-state index contributed by atoms with van der Waals surface area (Å²) in [7, 11) is 0. The third-order valence-corrected chi connectivity index (χ3v) is 3.25. The highest BCUT2D eigenvalue weighted by molar-refractivity contribution is 5.27. The molecule has 0 aliphatic rings. The molecule has 1 aromatic rings. The van der Waals surface area contributed by atoms with Crippen LogP contribution < -0.4 is 4.74 Å². The van der Waals surface area contributed by atoms with Gasteiger partial charge < -0.3 is 4.74 Å². The lowest BCUT2D eigenvalue weighted by atomic mass is 10.0. The summed E-state index contributed by atoms with van der Waals surface area (Å²) in [5, 5.41) is 0. The van der Waals surface area contributed by atoms with Crippen LogP contribution in [0.5, 0.6) is 5.75 Å². The molecule has 0 atom stereocenters. The molecule has 0 fully saturated rings. The summed E-state index contributed by atoms with van der Waals surface area (Å²) in [5.41, 5.74) is 1.42. The van der Waals surface area contributed by atoms with Crippen molar-refractivity contribution in [2.24, 2.45) is 0 Å². The van der Waals surface area contributed by atoms with Crippen molar-refractivity contribution in [3.8, 4) is 5.75 Å². The van der Waals surface area contributed by atoms with Crippen molar-refractivity contribution < 1.29 is 4.74 Å². The second-order valence-electron chi connectivity index (χ2n) is 4.87. The fraction of sp³-hybridized carbons (Fsp3) is 0.588. The van der Waals surface area contributed by atoms with Crippen molar-refractivity contribution in [2.75, 3.05) is 0 Å². The van der Waals surface area contributed by atoms with E-state index in [1.807, 2.05) is 6.92 Å². The number of unbranched alkanes of at least 4 members (excludes halogenated alkanes) is 6.